The molecule has 4 rings (SSSR count). The van der Waals surface area contributed by atoms with Gasteiger partial charge in [-0.1, -0.05) is 35.3 Å². The van der Waals surface area contributed by atoms with Gasteiger partial charge < -0.3 is 18.9 Å². The van der Waals surface area contributed by atoms with E-state index in [2.05, 4.69) is 0 Å². The smallest absolute Gasteiger partial charge is 0.127 e. The molecule has 0 heterocycles. The number of ether oxygens (including phenoxy) is 4. The average molecular weight is 576 g/mol. The maximum Gasteiger partial charge on any atom is 0.127 e. The van der Waals surface area contributed by atoms with E-state index in [0.29, 0.717) is 33.0 Å². The van der Waals surface area contributed by atoms with Crippen LogP contribution in [0.3, 0.4) is 0 Å². The van der Waals surface area contributed by atoms with Crippen LogP contribution in [0.1, 0.15) is 0 Å². The van der Waals surface area contributed by atoms with Crippen LogP contribution < -0.4 is 18.9 Å². The van der Waals surface area contributed by atoms with E-state index in [1.807, 2.05) is 72.8 Å². The lowest BCUT2D eigenvalue weighted by Gasteiger charge is -2.16. The lowest BCUT2D eigenvalue weighted by atomic mass is 10.0. The van der Waals surface area contributed by atoms with Crippen LogP contribution in [0.2, 0.25) is 10.0 Å². The highest BCUT2D eigenvalue weighted by Crippen LogP contribution is 2.47. The van der Waals surface area contributed by atoms with Gasteiger partial charge in [-0.2, -0.15) is 0 Å². The zero-order valence-corrected chi connectivity index (χ0v) is 23.7. The van der Waals surface area contributed by atoms with E-state index in [1.54, 1.807) is 28.4 Å². The molecule has 0 saturated carbocycles. The summed E-state index contributed by atoms with van der Waals surface area (Å²) in [5.41, 5.74) is 3.17. The summed E-state index contributed by atoms with van der Waals surface area (Å²) in [6, 6.07) is 22.4. The Kier molecular flexibility index (Phi) is 9.40. The normalized spacial score (nSPS) is 10.8. The van der Waals surface area contributed by atoms with Crippen molar-refractivity contribution in [2.45, 2.75) is 9.79 Å². The zero-order valence-electron chi connectivity index (χ0n) is 20.5. The van der Waals surface area contributed by atoms with Crippen LogP contribution in [0.25, 0.3) is 22.3 Å². The number of hydrogen-bond acceptors (Lipinski definition) is 7. The van der Waals surface area contributed by atoms with Crippen molar-refractivity contribution in [3.8, 4) is 45.3 Å². The molecule has 0 aliphatic heterocycles. The van der Waals surface area contributed by atoms with Crippen LogP contribution in [0.5, 0.6) is 23.0 Å². The molecule has 4 aromatic carbocycles. The van der Waals surface area contributed by atoms with Gasteiger partial charge in [-0.15, -0.1) is 0 Å². The predicted octanol–water partition coefficient (Wildman–Crippen LogP) is 9.09. The zero-order chi connectivity index (χ0) is 26.4. The fourth-order valence-electron chi connectivity index (χ4n) is 3.78. The molecule has 4 aromatic rings. The van der Waals surface area contributed by atoms with Gasteiger partial charge in [0.2, 0.25) is 0 Å². The van der Waals surface area contributed by atoms with Crippen molar-refractivity contribution in [3.05, 3.63) is 82.8 Å². The molecule has 0 unspecified atom stereocenters. The van der Waals surface area contributed by atoms with Crippen molar-refractivity contribution in [1.29, 1.82) is 0 Å². The van der Waals surface area contributed by atoms with Gasteiger partial charge in [0.05, 0.1) is 28.4 Å². The quantitative estimate of drug-likeness (QED) is 0.175. The molecule has 0 atom stereocenters. The summed E-state index contributed by atoms with van der Waals surface area (Å²) in [7, 11) is 6.48. The molecule has 9 heteroatoms. The molecule has 0 saturated heterocycles. The Morgan fingerprint density at radius 3 is 1.35 bits per heavy atom. The van der Waals surface area contributed by atoms with E-state index >= 15 is 0 Å². The monoisotopic (exact) mass is 574 g/mol. The van der Waals surface area contributed by atoms with Crippen LogP contribution in [0.4, 0.5) is 0 Å². The Morgan fingerprint density at radius 2 is 0.973 bits per heavy atom. The van der Waals surface area contributed by atoms with Crippen molar-refractivity contribution in [1.82, 2.24) is 0 Å². The molecule has 0 radical (unpaired) electrons. The van der Waals surface area contributed by atoms with Gasteiger partial charge in [-0.3, -0.25) is 0 Å². The van der Waals surface area contributed by atoms with Crippen LogP contribution >= 0.6 is 47.3 Å². The number of halogens is 2. The Hall–Kier alpha value is -2.68. The van der Waals surface area contributed by atoms with Gasteiger partial charge in [0.25, 0.3) is 0 Å². The van der Waals surface area contributed by atoms with E-state index in [-0.39, 0.29) is 0 Å². The fraction of sp³-hybridized carbons (Fsp3) is 0.143. The molecule has 0 bridgehead atoms. The maximum absolute atomic E-state index is 6.66. The summed E-state index contributed by atoms with van der Waals surface area (Å²) in [5, 5.41) is 1.13. The molecule has 0 spiro atoms. The number of methoxy groups -OCH3 is 4. The molecule has 0 amide bonds. The first-order chi connectivity index (χ1) is 18.0. The fourth-order valence-corrected chi connectivity index (χ4v) is 6.04. The number of benzene rings is 4. The molecular weight excluding hydrogens is 551 g/mol. The summed E-state index contributed by atoms with van der Waals surface area (Å²) in [4.78, 5) is 1.63. The van der Waals surface area contributed by atoms with Gasteiger partial charge >= 0.3 is 0 Å². The molecule has 0 N–H and O–H groups in total. The van der Waals surface area contributed by atoms with Gasteiger partial charge in [-0.25, -0.2) is 3.63 Å². The Labute approximate surface area is 235 Å². The minimum Gasteiger partial charge on any atom is -0.497 e. The van der Waals surface area contributed by atoms with Crippen molar-refractivity contribution < 1.29 is 22.6 Å². The topological polar surface area (TPSA) is 46.2 Å². The van der Waals surface area contributed by atoms with Gasteiger partial charge in [-0.05, 0) is 60.7 Å². The Morgan fingerprint density at radius 1 is 0.541 bits per heavy atom. The van der Waals surface area contributed by atoms with Gasteiger partial charge in [0.1, 0.15) is 23.0 Å². The third-order valence-electron chi connectivity index (χ3n) is 5.55. The second-order valence-corrected chi connectivity index (χ2v) is 10.2. The second kappa shape index (κ2) is 12.7. The molecule has 0 fully saturated rings. The van der Waals surface area contributed by atoms with E-state index in [0.717, 1.165) is 32.0 Å². The Bertz CT molecular complexity index is 1290. The first kappa shape index (κ1) is 27.4. The molecule has 37 heavy (non-hydrogen) atoms. The first-order valence-electron chi connectivity index (χ1n) is 11.0. The van der Waals surface area contributed by atoms with Gasteiger partial charge in [0, 0.05) is 66.2 Å². The third kappa shape index (κ3) is 6.08. The molecule has 0 aromatic heterocycles. The van der Waals surface area contributed by atoms with E-state index in [4.69, 9.17) is 45.8 Å². The molecule has 0 aliphatic rings. The first-order valence-corrected chi connectivity index (χ1v) is 13.3. The van der Waals surface area contributed by atoms with E-state index in [9.17, 15) is 0 Å². The minimum absolute atomic E-state index is 0.565. The molecule has 192 valence electrons. The minimum atomic E-state index is 0.565. The number of rotatable bonds is 10. The van der Waals surface area contributed by atoms with Crippen molar-refractivity contribution in [2.75, 3.05) is 28.4 Å². The largest absolute Gasteiger partial charge is 0.497 e. The van der Waals surface area contributed by atoms with Crippen LogP contribution in [-0.4, -0.2) is 28.4 Å². The highest BCUT2D eigenvalue weighted by Gasteiger charge is 2.19. The summed E-state index contributed by atoms with van der Waals surface area (Å²) in [5.74, 6) is 2.73. The van der Waals surface area contributed by atoms with Crippen molar-refractivity contribution in [2.24, 2.45) is 0 Å². The molecule has 5 nitrogen and oxygen atoms in total. The summed E-state index contributed by atoms with van der Waals surface area (Å²) < 4.78 is 28.1. The lowest BCUT2D eigenvalue weighted by molar-refractivity contribution is 0.404. The van der Waals surface area contributed by atoms with Crippen molar-refractivity contribution in [3.63, 3.8) is 0 Å². The third-order valence-corrected chi connectivity index (χ3v) is 7.76. The highest BCUT2D eigenvalue weighted by atomic mass is 35.5. The summed E-state index contributed by atoms with van der Waals surface area (Å²) >= 11 is 15.7. The van der Waals surface area contributed by atoms with E-state index < -0.39 is 0 Å². The van der Waals surface area contributed by atoms with Gasteiger partial charge in [0.15, 0.2) is 0 Å². The van der Waals surface area contributed by atoms with E-state index in [1.165, 1.54) is 24.1 Å². The average Bonchev–Trinajstić information content (AvgIpc) is 2.92. The molecular formula is C28H24Cl2O5S2. The summed E-state index contributed by atoms with van der Waals surface area (Å²) in [6.45, 7) is 0. The van der Waals surface area contributed by atoms with Crippen LogP contribution in [-0.2, 0) is 3.63 Å². The lowest BCUT2D eigenvalue weighted by Crippen LogP contribution is -1.93. The van der Waals surface area contributed by atoms with Crippen molar-refractivity contribution >= 4 is 47.3 Å². The van der Waals surface area contributed by atoms with Crippen LogP contribution in [0.15, 0.2) is 82.6 Å². The van der Waals surface area contributed by atoms with Crippen LogP contribution in [0, 0.1) is 0 Å². The number of hydrogen-bond donors (Lipinski definition) is 0. The summed E-state index contributed by atoms with van der Waals surface area (Å²) in [6.07, 6.45) is 0. The highest BCUT2D eigenvalue weighted by molar-refractivity contribution is 8.08. The molecule has 0 aliphatic carbocycles. The Balaban J connectivity index is 1.66. The maximum atomic E-state index is 6.66. The standard InChI is InChI=1S/C28H24Cl2O5S2/c1-31-17-11-13-23(33-3)19(15-17)27-21(29)7-5-9-25(27)36-35-37-26-10-6-8-22(30)28(26)20-16-18(32-2)12-14-24(20)34-4/h5-16H,1-4H3. The predicted molar refractivity (Wildman–Crippen MR) is 153 cm³/mol. The SMILES string of the molecule is COc1ccc(OC)c(-c2c(Cl)cccc2SOSc2cccc(Cl)c2-c2cc(OC)ccc2OC)c1. The second-order valence-electron chi connectivity index (χ2n) is 7.59.